The van der Waals surface area contributed by atoms with Crippen LogP contribution in [0.2, 0.25) is 0 Å². The zero-order valence-corrected chi connectivity index (χ0v) is 18.5. The molecule has 1 saturated heterocycles. The predicted molar refractivity (Wildman–Crippen MR) is 113 cm³/mol. The van der Waals surface area contributed by atoms with Crippen molar-refractivity contribution in [1.82, 2.24) is 14.5 Å². The van der Waals surface area contributed by atoms with Crippen LogP contribution in [0.4, 0.5) is 0 Å². The molecule has 0 bridgehead atoms. The van der Waals surface area contributed by atoms with Gasteiger partial charge in [0.2, 0.25) is 10.0 Å². The first-order chi connectivity index (χ1) is 14.1. The lowest BCUT2D eigenvalue weighted by Gasteiger charge is -2.26. The Bertz CT molecular complexity index is 655. The van der Waals surface area contributed by atoms with Gasteiger partial charge in [-0.15, -0.1) is 0 Å². The molecule has 0 unspecified atom stereocenters. The monoisotopic (exact) mass is 429 g/mol. The van der Waals surface area contributed by atoms with Gasteiger partial charge in [-0.25, -0.2) is 8.42 Å². The molecule has 1 aliphatic rings. The minimum Gasteiger partial charge on any atom is -0.383 e. The first-order valence-corrected chi connectivity index (χ1v) is 11.6. The Hall–Kier alpha value is -1.07. The van der Waals surface area contributed by atoms with Crippen molar-refractivity contribution in [2.24, 2.45) is 0 Å². The van der Waals surface area contributed by atoms with Crippen molar-refractivity contribution >= 4 is 10.0 Å². The van der Waals surface area contributed by atoms with Gasteiger partial charge in [-0.3, -0.25) is 4.90 Å². The van der Waals surface area contributed by atoms with Gasteiger partial charge in [-0.05, 0) is 37.2 Å². The van der Waals surface area contributed by atoms with E-state index in [0.717, 1.165) is 57.9 Å². The van der Waals surface area contributed by atoms with Crippen molar-refractivity contribution in [3.63, 3.8) is 0 Å². The van der Waals surface area contributed by atoms with Gasteiger partial charge in [0.25, 0.3) is 0 Å². The Balaban J connectivity index is 1.80. The van der Waals surface area contributed by atoms with Crippen LogP contribution in [0.3, 0.4) is 0 Å². The first kappa shape index (κ1) is 24.2. The van der Waals surface area contributed by atoms with E-state index in [1.807, 2.05) is 12.1 Å². The number of morpholine rings is 1. The molecule has 1 aliphatic heterocycles. The van der Waals surface area contributed by atoms with E-state index in [-0.39, 0.29) is 0 Å². The highest BCUT2D eigenvalue weighted by Crippen LogP contribution is 2.16. The van der Waals surface area contributed by atoms with Crippen molar-refractivity contribution in [2.45, 2.75) is 17.9 Å². The summed E-state index contributed by atoms with van der Waals surface area (Å²) in [4.78, 5) is 2.71. The highest BCUT2D eigenvalue weighted by Gasteiger charge is 2.23. The van der Waals surface area contributed by atoms with E-state index >= 15 is 0 Å². The molecule has 0 spiro atoms. The van der Waals surface area contributed by atoms with Crippen molar-refractivity contribution in [1.29, 1.82) is 0 Å². The van der Waals surface area contributed by atoms with Crippen LogP contribution in [0.5, 0.6) is 0 Å². The number of ether oxygens (including phenoxy) is 3. The summed E-state index contributed by atoms with van der Waals surface area (Å²) in [5.74, 6) is 0. The zero-order valence-electron chi connectivity index (χ0n) is 17.6. The predicted octanol–water partition coefficient (Wildman–Crippen LogP) is 0.782. The van der Waals surface area contributed by atoms with E-state index in [1.54, 1.807) is 26.4 Å². The van der Waals surface area contributed by atoms with Crippen LogP contribution in [-0.4, -0.2) is 97.5 Å². The Labute approximate surface area is 175 Å². The second-order valence-electron chi connectivity index (χ2n) is 7.02. The van der Waals surface area contributed by atoms with E-state index < -0.39 is 10.0 Å². The normalized spacial score (nSPS) is 15.8. The van der Waals surface area contributed by atoms with Crippen LogP contribution in [0.25, 0.3) is 0 Å². The number of rotatable bonds is 14. The minimum atomic E-state index is -3.57. The molecule has 1 aromatic carbocycles. The van der Waals surface area contributed by atoms with Crippen LogP contribution in [-0.2, 0) is 30.8 Å². The second kappa shape index (κ2) is 13.3. The van der Waals surface area contributed by atoms with Crippen LogP contribution >= 0.6 is 0 Å². The number of hydrogen-bond donors (Lipinski definition) is 1. The van der Waals surface area contributed by atoms with Crippen LogP contribution in [0, 0.1) is 0 Å². The maximum atomic E-state index is 12.9. The summed E-state index contributed by atoms with van der Waals surface area (Å²) in [6.07, 6.45) is 1.08. The molecule has 1 fully saturated rings. The van der Waals surface area contributed by atoms with Crippen LogP contribution in [0.1, 0.15) is 12.0 Å². The second-order valence-corrected chi connectivity index (χ2v) is 8.96. The molecule has 8 nitrogen and oxygen atoms in total. The highest BCUT2D eigenvalue weighted by atomic mass is 32.2. The number of benzene rings is 1. The molecule has 1 N–H and O–H groups in total. The average molecular weight is 430 g/mol. The molecule has 0 atom stereocenters. The van der Waals surface area contributed by atoms with Gasteiger partial charge in [0, 0.05) is 46.9 Å². The molecule has 0 amide bonds. The Kier molecular flexibility index (Phi) is 11.1. The number of sulfonamides is 1. The highest BCUT2D eigenvalue weighted by molar-refractivity contribution is 7.89. The standard InChI is InChI=1S/C20H35N3O5S/c1-26-14-12-23(13-15-27-2)29(24,25)20-6-4-19(5-7-20)18-21-8-3-9-22-10-16-28-17-11-22/h4-7,21H,3,8-18H2,1-2H3. The third kappa shape index (κ3) is 8.29. The molecule has 0 saturated carbocycles. The molecule has 0 radical (unpaired) electrons. The van der Waals surface area contributed by atoms with Crippen molar-refractivity contribution in [3.05, 3.63) is 29.8 Å². The Morgan fingerprint density at radius 2 is 1.69 bits per heavy atom. The zero-order chi connectivity index (χ0) is 21.0. The molecule has 1 aromatic rings. The molecular weight excluding hydrogens is 394 g/mol. The van der Waals surface area contributed by atoms with Crippen LogP contribution < -0.4 is 5.32 Å². The lowest BCUT2D eigenvalue weighted by atomic mass is 10.2. The Morgan fingerprint density at radius 3 is 2.28 bits per heavy atom. The van der Waals surface area contributed by atoms with Gasteiger partial charge in [0.1, 0.15) is 0 Å². The molecule has 166 valence electrons. The lowest BCUT2D eigenvalue weighted by Crippen LogP contribution is -2.37. The topological polar surface area (TPSA) is 80.3 Å². The third-order valence-corrected chi connectivity index (χ3v) is 6.82. The molecule has 0 aliphatic carbocycles. The summed E-state index contributed by atoms with van der Waals surface area (Å²) >= 11 is 0. The molecular formula is C20H35N3O5S. The number of nitrogens with one attached hydrogen (secondary N) is 1. The van der Waals surface area contributed by atoms with E-state index in [0.29, 0.717) is 31.2 Å². The maximum absolute atomic E-state index is 12.9. The van der Waals surface area contributed by atoms with Gasteiger partial charge >= 0.3 is 0 Å². The minimum absolute atomic E-state index is 0.292. The summed E-state index contributed by atoms with van der Waals surface area (Å²) in [7, 11) is -0.448. The maximum Gasteiger partial charge on any atom is 0.243 e. The summed E-state index contributed by atoms with van der Waals surface area (Å²) in [5.41, 5.74) is 1.07. The number of methoxy groups -OCH3 is 2. The molecule has 29 heavy (non-hydrogen) atoms. The van der Waals surface area contributed by atoms with Crippen molar-refractivity contribution in [2.75, 3.05) is 79.9 Å². The lowest BCUT2D eigenvalue weighted by molar-refractivity contribution is 0.0374. The first-order valence-electron chi connectivity index (χ1n) is 10.2. The summed E-state index contributed by atoms with van der Waals surface area (Å²) in [5, 5.41) is 3.43. The van der Waals surface area contributed by atoms with E-state index in [1.165, 1.54) is 4.31 Å². The van der Waals surface area contributed by atoms with Gasteiger partial charge in [0.15, 0.2) is 0 Å². The molecule has 1 heterocycles. The number of nitrogens with zero attached hydrogens (tertiary/aromatic N) is 2. The van der Waals surface area contributed by atoms with Gasteiger partial charge in [-0.2, -0.15) is 4.31 Å². The number of hydrogen-bond acceptors (Lipinski definition) is 7. The smallest absolute Gasteiger partial charge is 0.243 e. The fourth-order valence-electron chi connectivity index (χ4n) is 3.15. The molecule has 0 aromatic heterocycles. The largest absolute Gasteiger partial charge is 0.383 e. The van der Waals surface area contributed by atoms with Gasteiger partial charge < -0.3 is 19.5 Å². The van der Waals surface area contributed by atoms with E-state index in [9.17, 15) is 8.42 Å². The third-order valence-electron chi connectivity index (χ3n) is 4.91. The summed E-state index contributed by atoms with van der Waals surface area (Å²) in [6.45, 7) is 7.71. The van der Waals surface area contributed by atoms with E-state index in [4.69, 9.17) is 14.2 Å². The molecule has 2 rings (SSSR count). The Morgan fingerprint density at radius 1 is 1.07 bits per heavy atom. The van der Waals surface area contributed by atoms with E-state index in [2.05, 4.69) is 10.2 Å². The fourth-order valence-corrected chi connectivity index (χ4v) is 4.56. The van der Waals surface area contributed by atoms with Gasteiger partial charge in [-0.1, -0.05) is 12.1 Å². The van der Waals surface area contributed by atoms with Crippen molar-refractivity contribution in [3.8, 4) is 0 Å². The average Bonchev–Trinajstić information content (AvgIpc) is 2.74. The van der Waals surface area contributed by atoms with Gasteiger partial charge in [0.05, 0.1) is 31.3 Å². The van der Waals surface area contributed by atoms with Crippen LogP contribution in [0.15, 0.2) is 29.2 Å². The van der Waals surface area contributed by atoms with Crippen molar-refractivity contribution < 1.29 is 22.6 Å². The molecule has 9 heteroatoms. The quantitative estimate of drug-likeness (QED) is 0.438. The summed E-state index contributed by atoms with van der Waals surface area (Å²) < 4.78 is 42.6. The SMILES string of the molecule is COCCN(CCOC)S(=O)(=O)c1ccc(CNCCCN2CCOCC2)cc1. The summed E-state index contributed by atoms with van der Waals surface area (Å²) in [6, 6.07) is 7.08. The fraction of sp³-hybridized carbons (Fsp3) is 0.700.